The lowest BCUT2D eigenvalue weighted by atomic mass is 9.97. The molecule has 1 aliphatic carbocycles. The van der Waals surface area contributed by atoms with Crippen LogP contribution in [0.4, 0.5) is 28.7 Å². The Balaban J connectivity index is 0.00000189. The fraction of sp³-hybridized carbons (Fsp3) is 0.226. The Morgan fingerprint density at radius 1 is 0.951 bits per heavy atom. The van der Waals surface area contributed by atoms with Crippen molar-refractivity contribution in [1.82, 2.24) is 15.2 Å². The van der Waals surface area contributed by atoms with E-state index < -0.39 is 0 Å². The molecule has 0 saturated carbocycles. The van der Waals surface area contributed by atoms with E-state index in [1.165, 1.54) is 10.5 Å². The van der Waals surface area contributed by atoms with Crippen molar-refractivity contribution in [3.63, 3.8) is 0 Å². The highest BCUT2D eigenvalue weighted by molar-refractivity contribution is 5.99. The Morgan fingerprint density at radius 3 is 2.44 bits per heavy atom. The van der Waals surface area contributed by atoms with Gasteiger partial charge in [-0.1, -0.05) is 38.1 Å². The zero-order chi connectivity index (χ0) is 29.2. The summed E-state index contributed by atoms with van der Waals surface area (Å²) in [4.78, 5) is 43.5. The van der Waals surface area contributed by atoms with E-state index in [1.807, 2.05) is 80.4 Å². The third kappa shape index (κ3) is 6.73. The van der Waals surface area contributed by atoms with Crippen LogP contribution in [0, 0.1) is 0 Å². The molecule has 2 aromatic carbocycles. The number of amides is 3. The van der Waals surface area contributed by atoms with E-state index in [2.05, 4.69) is 25.8 Å². The zero-order valence-corrected chi connectivity index (χ0v) is 23.3. The number of rotatable bonds is 10. The molecule has 10 heteroatoms. The maximum Gasteiger partial charge on any atom is 0.244 e. The van der Waals surface area contributed by atoms with Crippen LogP contribution < -0.4 is 20.4 Å². The van der Waals surface area contributed by atoms with Gasteiger partial charge in [0.05, 0.1) is 11.4 Å². The minimum Gasteiger partial charge on any atom is -0.326 e. The lowest BCUT2D eigenvalue weighted by Crippen LogP contribution is -2.33. The number of hydrogen-bond acceptors (Lipinski definition) is 7. The van der Waals surface area contributed by atoms with Crippen LogP contribution in [-0.4, -0.2) is 47.5 Å². The van der Waals surface area contributed by atoms with Gasteiger partial charge in [-0.25, -0.2) is 4.98 Å². The second-order valence-corrected chi connectivity index (χ2v) is 9.20. The van der Waals surface area contributed by atoms with Gasteiger partial charge in [0.1, 0.15) is 12.4 Å². The van der Waals surface area contributed by atoms with Gasteiger partial charge < -0.3 is 20.4 Å². The second kappa shape index (κ2) is 13.8. The van der Waals surface area contributed by atoms with Crippen molar-refractivity contribution in [2.75, 3.05) is 34.0 Å². The average Bonchev–Trinajstić information content (AvgIpc) is 3.45. The molecule has 0 bridgehead atoms. The number of aromatic nitrogens is 3. The predicted octanol–water partition coefficient (Wildman–Crippen LogP) is 4.72. The standard InChI is InChI=1S/C29H27N7O3.C2H6/c1-35(27-9-5-13-32-34-27)25-7-2-3-8-26(25)36(19-38)17-28(39)33-23-11-10-20-14-22(15-21(20)16-23)24-6-4-12-30-29(24)31-18-37;1-2/h2-13,16,18-19,22H,14-15,17H2,1H3,(H,33,39)(H,30,31,37);1-2H3. The normalized spacial score (nSPS) is 13.2. The molecule has 4 aromatic rings. The summed E-state index contributed by atoms with van der Waals surface area (Å²) in [5.74, 6) is 1.03. The van der Waals surface area contributed by atoms with Crippen LogP contribution >= 0.6 is 0 Å². The molecule has 5 rings (SSSR count). The van der Waals surface area contributed by atoms with Gasteiger partial charge in [0, 0.05) is 25.1 Å². The third-order valence-electron chi connectivity index (χ3n) is 6.79. The van der Waals surface area contributed by atoms with E-state index >= 15 is 0 Å². The van der Waals surface area contributed by atoms with Crippen LogP contribution in [0.5, 0.6) is 0 Å². The Labute approximate surface area is 239 Å². The minimum absolute atomic E-state index is 0.162. The molecule has 1 unspecified atom stereocenters. The molecule has 0 saturated heterocycles. The van der Waals surface area contributed by atoms with Crippen LogP contribution in [-0.2, 0) is 27.2 Å². The Hall–Kier alpha value is -5.12. The van der Waals surface area contributed by atoms with Crippen LogP contribution in [0.1, 0.15) is 36.5 Å². The van der Waals surface area contributed by atoms with Crippen LogP contribution in [0.2, 0.25) is 0 Å². The van der Waals surface area contributed by atoms with Gasteiger partial charge >= 0.3 is 0 Å². The molecule has 2 heterocycles. The lowest BCUT2D eigenvalue weighted by Gasteiger charge is -2.25. The molecule has 3 amide bonds. The van der Waals surface area contributed by atoms with Gasteiger partial charge in [0.25, 0.3) is 0 Å². The molecule has 0 radical (unpaired) electrons. The number of carbonyl (C=O) groups excluding carboxylic acids is 3. The summed E-state index contributed by atoms with van der Waals surface area (Å²) >= 11 is 0. The van der Waals surface area contributed by atoms with Crippen molar-refractivity contribution < 1.29 is 14.4 Å². The first-order chi connectivity index (χ1) is 20.1. The van der Waals surface area contributed by atoms with Crippen LogP contribution in [0.25, 0.3) is 0 Å². The lowest BCUT2D eigenvalue weighted by molar-refractivity contribution is -0.116. The molecule has 2 aromatic heterocycles. The number of benzene rings is 2. The van der Waals surface area contributed by atoms with Gasteiger partial charge in [-0.2, -0.15) is 5.10 Å². The maximum absolute atomic E-state index is 13.0. The molecule has 41 heavy (non-hydrogen) atoms. The summed E-state index contributed by atoms with van der Waals surface area (Å²) in [6.07, 6.45) is 6.11. The molecule has 0 aliphatic heterocycles. The van der Waals surface area contributed by atoms with E-state index in [4.69, 9.17) is 0 Å². The van der Waals surface area contributed by atoms with Crippen LogP contribution in [0.3, 0.4) is 0 Å². The Morgan fingerprint density at radius 2 is 1.71 bits per heavy atom. The first kappa shape index (κ1) is 28.9. The largest absolute Gasteiger partial charge is 0.326 e. The highest BCUT2D eigenvalue weighted by Gasteiger charge is 2.26. The summed E-state index contributed by atoms with van der Waals surface area (Å²) in [5, 5.41) is 13.7. The first-order valence-corrected chi connectivity index (χ1v) is 13.5. The molecule has 0 spiro atoms. The number of nitrogens with one attached hydrogen (secondary N) is 2. The molecule has 10 nitrogen and oxygen atoms in total. The fourth-order valence-corrected chi connectivity index (χ4v) is 4.96. The molecule has 2 N–H and O–H groups in total. The van der Waals surface area contributed by atoms with E-state index in [0.29, 0.717) is 41.5 Å². The number of pyridine rings is 1. The van der Waals surface area contributed by atoms with Gasteiger partial charge in [-0.15, -0.1) is 5.10 Å². The third-order valence-corrected chi connectivity index (χ3v) is 6.79. The Bertz CT molecular complexity index is 1500. The first-order valence-electron chi connectivity index (χ1n) is 13.5. The number of fused-ring (bicyclic) bond motifs is 1. The van der Waals surface area contributed by atoms with Crippen molar-refractivity contribution >= 4 is 47.4 Å². The highest BCUT2D eigenvalue weighted by Crippen LogP contribution is 2.37. The number of anilines is 5. The van der Waals surface area contributed by atoms with E-state index in [9.17, 15) is 14.4 Å². The maximum atomic E-state index is 13.0. The molecule has 210 valence electrons. The molecular weight excluding hydrogens is 518 g/mol. The SMILES string of the molecule is CC.CN(c1cccnn1)c1ccccc1N(C=O)CC(=O)Nc1ccc2c(c1)CC(c1cccnc1NC=O)C2. The van der Waals surface area contributed by atoms with Gasteiger partial charge in [-0.3, -0.25) is 14.4 Å². The average molecular weight is 552 g/mol. The smallest absolute Gasteiger partial charge is 0.244 e. The number of para-hydroxylation sites is 2. The summed E-state index contributed by atoms with van der Waals surface area (Å²) in [5.41, 5.74) is 5.24. The zero-order valence-electron chi connectivity index (χ0n) is 23.3. The minimum atomic E-state index is -0.321. The summed E-state index contributed by atoms with van der Waals surface area (Å²) in [6, 6.07) is 20.6. The van der Waals surface area contributed by atoms with E-state index in [1.54, 1.807) is 24.5 Å². The van der Waals surface area contributed by atoms with Gasteiger partial charge in [0.15, 0.2) is 5.82 Å². The molecule has 1 aliphatic rings. The number of hydrogen-bond donors (Lipinski definition) is 2. The van der Waals surface area contributed by atoms with Crippen molar-refractivity contribution in [3.8, 4) is 0 Å². The predicted molar refractivity (Wildman–Crippen MR) is 160 cm³/mol. The van der Waals surface area contributed by atoms with Gasteiger partial charge in [0.2, 0.25) is 18.7 Å². The summed E-state index contributed by atoms with van der Waals surface area (Å²) < 4.78 is 0. The second-order valence-electron chi connectivity index (χ2n) is 9.20. The summed E-state index contributed by atoms with van der Waals surface area (Å²) in [6.45, 7) is 3.84. The molecular formula is C31H33N7O3. The topological polar surface area (TPSA) is 120 Å². The number of nitrogens with zero attached hydrogens (tertiary/aromatic N) is 5. The number of carbonyl (C=O) groups is 3. The quantitative estimate of drug-likeness (QED) is 0.274. The highest BCUT2D eigenvalue weighted by atomic mass is 16.2. The summed E-state index contributed by atoms with van der Waals surface area (Å²) in [7, 11) is 1.83. The molecule has 0 fully saturated rings. The van der Waals surface area contributed by atoms with Crippen molar-refractivity contribution in [3.05, 3.63) is 95.8 Å². The van der Waals surface area contributed by atoms with E-state index in [-0.39, 0.29) is 18.4 Å². The Kier molecular flexibility index (Phi) is 9.71. The van der Waals surface area contributed by atoms with E-state index in [0.717, 1.165) is 24.0 Å². The van der Waals surface area contributed by atoms with Crippen molar-refractivity contribution in [1.29, 1.82) is 0 Å². The van der Waals surface area contributed by atoms with Crippen LogP contribution in [0.15, 0.2) is 79.1 Å². The van der Waals surface area contributed by atoms with Crippen molar-refractivity contribution in [2.24, 2.45) is 0 Å². The van der Waals surface area contributed by atoms with Gasteiger partial charge in [-0.05, 0) is 77.9 Å². The monoisotopic (exact) mass is 551 g/mol. The molecule has 1 atom stereocenters. The van der Waals surface area contributed by atoms with Crippen molar-refractivity contribution in [2.45, 2.75) is 32.6 Å². The fourth-order valence-electron chi connectivity index (χ4n) is 4.96.